The number of imidazole rings is 1. The molecule has 0 saturated carbocycles. The van der Waals surface area contributed by atoms with Crippen LogP contribution in [0.1, 0.15) is 24.1 Å². The highest BCUT2D eigenvalue weighted by Gasteiger charge is 2.23. The summed E-state index contributed by atoms with van der Waals surface area (Å²) in [6, 6.07) is 10.2. The van der Waals surface area contributed by atoms with E-state index < -0.39 is 0 Å². The van der Waals surface area contributed by atoms with Gasteiger partial charge in [0.25, 0.3) is 0 Å². The van der Waals surface area contributed by atoms with Gasteiger partial charge in [-0.05, 0) is 24.5 Å². The number of amides is 2. The van der Waals surface area contributed by atoms with Gasteiger partial charge in [-0.15, -0.1) is 11.3 Å². The van der Waals surface area contributed by atoms with Crippen LogP contribution in [0.4, 0.5) is 0 Å². The molecule has 0 N–H and O–H groups in total. The van der Waals surface area contributed by atoms with Crippen molar-refractivity contribution in [3.8, 4) is 0 Å². The molecule has 0 spiro atoms. The van der Waals surface area contributed by atoms with Crippen LogP contribution in [0.15, 0.2) is 48.0 Å². The monoisotopic (exact) mass is 442 g/mol. The van der Waals surface area contributed by atoms with Crippen LogP contribution in [0.2, 0.25) is 5.15 Å². The quantitative estimate of drug-likeness (QED) is 0.546. The Morgan fingerprint density at radius 3 is 2.60 bits per heavy atom. The number of piperazine rings is 1. The maximum Gasteiger partial charge on any atom is 0.246 e. The Bertz CT molecular complexity index is 1050. The molecule has 3 heterocycles. The van der Waals surface area contributed by atoms with Gasteiger partial charge in [-0.25, -0.2) is 4.98 Å². The highest BCUT2D eigenvalue weighted by atomic mass is 35.5. The number of nitrogens with zero attached hydrogens (tertiary/aromatic N) is 4. The summed E-state index contributed by atoms with van der Waals surface area (Å²) < 4.78 is 1.86. The third-order valence-corrected chi connectivity index (χ3v) is 6.32. The minimum atomic E-state index is -0.0765. The van der Waals surface area contributed by atoms with Crippen molar-refractivity contribution >= 4 is 45.8 Å². The van der Waals surface area contributed by atoms with Gasteiger partial charge in [0.2, 0.25) is 11.8 Å². The number of aromatic nitrogens is 2. The second-order valence-electron chi connectivity index (χ2n) is 7.22. The molecule has 0 atom stereocenters. The second kappa shape index (κ2) is 9.45. The lowest BCUT2D eigenvalue weighted by Crippen LogP contribution is -2.50. The summed E-state index contributed by atoms with van der Waals surface area (Å²) in [6.07, 6.45) is 7.41. The molecule has 30 heavy (non-hydrogen) atoms. The zero-order valence-electron chi connectivity index (χ0n) is 16.5. The van der Waals surface area contributed by atoms with Crippen molar-refractivity contribution < 1.29 is 9.59 Å². The second-order valence-corrected chi connectivity index (χ2v) is 8.45. The van der Waals surface area contributed by atoms with Gasteiger partial charge in [-0.2, -0.15) is 0 Å². The van der Waals surface area contributed by atoms with Crippen LogP contribution in [0.5, 0.6) is 0 Å². The summed E-state index contributed by atoms with van der Waals surface area (Å²) in [5, 5.41) is 2.31. The molecule has 0 bridgehead atoms. The van der Waals surface area contributed by atoms with Crippen LogP contribution < -0.4 is 0 Å². The summed E-state index contributed by atoms with van der Waals surface area (Å²) in [5.41, 5.74) is 1.96. The minimum absolute atomic E-state index is 0.0765. The Kier molecular flexibility index (Phi) is 6.50. The number of halogens is 1. The number of benzene rings is 1. The average molecular weight is 443 g/mol. The van der Waals surface area contributed by atoms with E-state index in [4.69, 9.17) is 11.6 Å². The topological polar surface area (TPSA) is 57.9 Å². The molecule has 6 nitrogen and oxygen atoms in total. The highest BCUT2D eigenvalue weighted by Crippen LogP contribution is 2.22. The van der Waals surface area contributed by atoms with Gasteiger partial charge >= 0.3 is 0 Å². The third kappa shape index (κ3) is 4.74. The molecule has 4 rings (SSSR count). The van der Waals surface area contributed by atoms with E-state index in [1.54, 1.807) is 11.0 Å². The Morgan fingerprint density at radius 2 is 1.83 bits per heavy atom. The summed E-state index contributed by atoms with van der Waals surface area (Å²) in [5.74, 6) is 0.0897. The van der Waals surface area contributed by atoms with Crippen LogP contribution in [-0.4, -0.2) is 57.2 Å². The Morgan fingerprint density at radius 1 is 1.10 bits per heavy atom. The van der Waals surface area contributed by atoms with E-state index in [1.807, 2.05) is 39.1 Å². The highest BCUT2D eigenvalue weighted by molar-refractivity contribution is 7.15. The van der Waals surface area contributed by atoms with Crippen LogP contribution >= 0.6 is 22.9 Å². The van der Waals surface area contributed by atoms with Gasteiger partial charge in [0, 0.05) is 50.3 Å². The number of hydrogen-bond donors (Lipinski definition) is 0. The van der Waals surface area contributed by atoms with Gasteiger partial charge < -0.3 is 9.80 Å². The summed E-state index contributed by atoms with van der Waals surface area (Å²) in [7, 11) is 0. The van der Waals surface area contributed by atoms with E-state index in [1.165, 1.54) is 23.0 Å². The molecule has 3 aromatic rings. The number of thiazole rings is 1. The maximum absolute atomic E-state index is 12.5. The summed E-state index contributed by atoms with van der Waals surface area (Å²) in [6.45, 7) is 2.24. The van der Waals surface area contributed by atoms with Crippen molar-refractivity contribution in [2.75, 3.05) is 26.2 Å². The number of aryl methyl sites for hydroxylation is 1. The van der Waals surface area contributed by atoms with Crippen LogP contribution in [0, 0.1) is 0 Å². The van der Waals surface area contributed by atoms with E-state index in [0.29, 0.717) is 43.4 Å². The maximum atomic E-state index is 12.5. The molecule has 2 amide bonds. The third-order valence-electron chi connectivity index (χ3n) is 5.28. The van der Waals surface area contributed by atoms with Gasteiger partial charge in [0.15, 0.2) is 10.1 Å². The molecule has 2 aromatic heterocycles. The average Bonchev–Trinajstić information content (AvgIpc) is 3.33. The largest absolute Gasteiger partial charge is 0.339 e. The molecule has 0 radical (unpaired) electrons. The van der Waals surface area contributed by atoms with Crippen molar-refractivity contribution in [3.05, 3.63) is 64.4 Å². The van der Waals surface area contributed by atoms with Gasteiger partial charge in [-0.3, -0.25) is 14.0 Å². The minimum Gasteiger partial charge on any atom is -0.339 e. The lowest BCUT2D eigenvalue weighted by molar-refractivity contribution is -0.137. The molecule has 1 aliphatic heterocycles. The van der Waals surface area contributed by atoms with Gasteiger partial charge in [0.05, 0.1) is 5.69 Å². The number of hydrogen-bond acceptors (Lipinski definition) is 4. The van der Waals surface area contributed by atoms with E-state index in [9.17, 15) is 9.59 Å². The van der Waals surface area contributed by atoms with Gasteiger partial charge in [-0.1, -0.05) is 41.9 Å². The number of rotatable bonds is 6. The summed E-state index contributed by atoms with van der Waals surface area (Å²) >= 11 is 7.66. The molecule has 156 valence electrons. The molecular formula is C22H23ClN4O2S. The lowest BCUT2D eigenvalue weighted by Gasteiger charge is -2.34. The van der Waals surface area contributed by atoms with Crippen molar-refractivity contribution in [3.63, 3.8) is 0 Å². The molecule has 1 saturated heterocycles. The van der Waals surface area contributed by atoms with Crippen LogP contribution in [0.3, 0.4) is 0 Å². The van der Waals surface area contributed by atoms with Crippen molar-refractivity contribution in [1.82, 2.24) is 19.2 Å². The first-order valence-electron chi connectivity index (χ1n) is 10.0. The predicted octanol–water partition coefficient (Wildman–Crippen LogP) is 3.76. The van der Waals surface area contributed by atoms with E-state index in [0.717, 1.165) is 17.8 Å². The number of carbonyl (C=O) groups excluding carboxylic acids is 2. The first kappa shape index (κ1) is 20.6. The molecule has 1 aliphatic rings. The standard InChI is InChI=1S/C22H23ClN4O2S/c23-21-18(27-15-16-30-22(27)24-21)9-10-20(29)26-13-11-25(12-14-26)19(28)8-4-7-17-5-2-1-3-6-17/h1-3,5-6,9-10,15-16H,4,7-8,11-14H2/b10-9+. The lowest BCUT2D eigenvalue weighted by atomic mass is 10.1. The Labute approximate surface area is 184 Å². The molecule has 0 aliphatic carbocycles. The Hall–Kier alpha value is -2.64. The molecule has 8 heteroatoms. The predicted molar refractivity (Wildman–Crippen MR) is 120 cm³/mol. The zero-order valence-corrected chi connectivity index (χ0v) is 18.1. The first-order valence-corrected chi connectivity index (χ1v) is 11.3. The van der Waals surface area contributed by atoms with Crippen molar-refractivity contribution in [2.45, 2.75) is 19.3 Å². The van der Waals surface area contributed by atoms with Crippen molar-refractivity contribution in [2.24, 2.45) is 0 Å². The molecule has 0 unspecified atom stereocenters. The van der Waals surface area contributed by atoms with Crippen LogP contribution in [-0.2, 0) is 16.0 Å². The normalized spacial score (nSPS) is 14.7. The fourth-order valence-corrected chi connectivity index (χ4v) is 4.61. The van der Waals surface area contributed by atoms with E-state index in [2.05, 4.69) is 17.1 Å². The van der Waals surface area contributed by atoms with Gasteiger partial charge in [0.1, 0.15) is 0 Å². The summed E-state index contributed by atoms with van der Waals surface area (Å²) in [4.78, 5) is 33.7. The van der Waals surface area contributed by atoms with Crippen molar-refractivity contribution in [1.29, 1.82) is 0 Å². The fraction of sp³-hybridized carbons (Fsp3) is 0.318. The van der Waals surface area contributed by atoms with E-state index >= 15 is 0 Å². The fourth-order valence-electron chi connectivity index (χ4n) is 3.60. The Balaban J connectivity index is 1.24. The SMILES string of the molecule is O=C(/C=C/c1c(Cl)nc2sccn12)N1CCN(C(=O)CCCc2ccccc2)CC1. The molecular weight excluding hydrogens is 420 g/mol. The number of carbonyl (C=O) groups is 2. The zero-order chi connectivity index (χ0) is 20.9. The van der Waals surface area contributed by atoms with E-state index in [-0.39, 0.29) is 11.8 Å². The van der Waals surface area contributed by atoms with Crippen LogP contribution in [0.25, 0.3) is 11.0 Å². The first-order chi connectivity index (χ1) is 14.6. The smallest absolute Gasteiger partial charge is 0.246 e. The molecule has 1 aromatic carbocycles. The molecule has 1 fully saturated rings. The number of fused-ring (bicyclic) bond motifs is 1.